The van der Waals surface area contributed by atoms with Crippen LogP contribution in [0.4, 0.5) is 15.8 Å². The number of benzene rings is 2. The number of thiocarbonyl (C=S) groups is 1. The molecule has 2 aromatic rings. The third-order valence-corrected chi connectivity index (χ3v) is 3.27. The van der Waals surface area contributed by atoms with Gasteiger partial charge in [0.05, 0.1) is 0 Å². The second-order valence-electron chi connectivity index (χ2n) is 4.61. The minimum atomic E-state index is -0.271. The zero-order valence-corrected chi connectivity index (χ0v) is 12.1. The van der Waals surface area contributed by atoms with Crippen molar-refractivity contribution in [2.75, 3.05) is 17.4 Å². The number of hydrogen-bond acceptors (Lipinski definition) is 3. The summed E-state index contributed by atoms with van der Waals surface area (Å²) in [5, 5.41) is 6.51. The molecule has 0 spiro atoms. The molecular weight excluding hydrogens is 291 g/mol. The molecule has 108 valence electrons. The quantitative estimate of drug-likeness (QED) is 0.829. The molecule has 1 aliphatic rings. The number of rotatable bonds is 2. The van der Waals surface area contributed by atoms with Gasteiger partial charge in [-0.2, -0.15) is 0 Å². The van der Waals surface area contributed by atoms with E-state index in [4.69, 9.17) is 21.7 Å². The molecule has 3 rings (SSSR count). The Balaban J connectivity index is 1.69. The fourth-order valence-corrected chi connectivity index (χ4v) is 2.25. The molecule has 0 unspecified atom stereocenters. The predicted molar refractivity (Wildman–Crippen MR) is 83.5 cm³/mol. The zero-order chi connectivity index (χ0) is 14.8. The predicted octanol–water partition coefficient (Wildman–Crippen LogP) is 3.67. The Bertz CT molecular complexity index is 706. The van der Waals surface area contributed by atoms with E-state index in [0.717, 1.165) is 16.9 Å². The van der Waals surface area contributed by atoms with Crippen LogP contribution in [0.15, 0.2) is 36.4 Å². The monoisotopic (exact) mass is 304 g/mol. The lowest BCUT2D eigenvalue weighted by Gasteiger charge is -2.12. The normalized spacial score (nSPS) is 12.1. The van der Waals surface area contributed by atoms with Crippen LogP contribution in [0.5, 0.6) is 11.5 Å². The Hall–Kier alpha value is -2.34. The van der Waals surface area contributed by atoms with E-state index in [-0.39, 0.29) is 12.6 Å². The topological polar surface area (TPSA) is 42.5 Å². The van der Waals surface area contributed by atoms with Crippen molar-refractivity contribution in [3.8, 4) is 11.5 Å². The molecule has 2 aromatic carbocycles. The largest absolute Gasteiger partial charge is 0.454 e. The summed E-state index contributed by atoms with van der Waals surface area (Å²) in [4.78, 5) is 0. The fourth-order valence-electron chi connectivity index (χ4n) is 2.03. The average Bonchev–Trinajstić information content (AvgIpc) is 2.89. The molecule has 0 aliphatic carbocycles. The number of fused-ring (bicyclic) bond motifs is 1. The highest BCUT2D eigenvalue weighted by atomic mass is 32.1. The van der Waals surface area contributed by atoms with E-state index in [2.05, 4.69) is 10.6 Å². The first kappa shape index (κ1) is 13.6. The van der Waals surface area contributed by atoms with E-state index in [1.165, 1.54) is 12.1 Å². The van der Waals surface area contributed by atoms with Gasteiger partial charge in [-0.3, -0.25) is 0 Å². The van der Waals surface area contributed by atoms with Gasteiger partial charge in [-0.05, 0) is 55.0 Å². The summed E-state index contributed by atoms with van der Waals surface area (Å²) >= 11 is 5.25. The number of aryl methyl sites for hydroxylation is 1. The molecule has 2 N–H and O–H groups in total. The van der Waals surface area contributed by atoms with Crippen LogP contribution < -0.4 is 20.1 Å². The van der Waals surface area contributed by atoms with Crippen LogP contribution in [0.1, 0.15) is 5.56 Å². The van der Waals surface area contributed by atoms with Crippen molar-refractivity contribution in [2.24, 2.45) is 0 Å². The van der Waals surface area contributed by atoms with Gasteiger partial charge in [-0.1, -0.05) is 0 Å². The minimum absolute atomic E-state index is 0.232. The van der Waals surface area contributed by atoms with Gasteiger partial charge in [0.25, 0.3) is 0 Å². The first-order chi connectivity index (χ1) is 10.1. The van der Waals surface area contributed by atoms with Gasteiger partial charge in [-0.15, -0.1) is 0 Å². The van der Waals surface area contributed by atoms with Gasteiger partial charge in [0.15, 0.2) is 16.6 Å². The number of halogens is 1. The lowest BCUT2D eigenvalue weighted by molar-refractivity contribution is 0.174. The summed E-state index contributed by atoms with van der Waals surface area (Å²) in [5.41, 5.74) is 2.33. The van der Waals surface area contributed by atoms with Gasteiger partial charge in [0, 0.05) is 17.4 Å². The van der Waals surface area contributed by atoms with Crippen molar-refractivity contribution in [1.29, 1.82) is 0 Å². The second kappa shape index (κ2) is 5.57. The summed E-state index contributed by atoms with van der Waals surface area (Å²) in [7, 11) is 0. The van der Waals surface area contributed by atoms with Gasteiger partial charge < -0.3 is 20.1 Å². The molecule has 0 radical (unpaired) electrons. The minimum Gasteiger partial charge on any atom is -0.454 e. The van der Waals surface area contributed by atoms with Crippen LogP contribution >= 0.6 is 12.2 Å². The van der Waals surface area contributed by atoms with Crippen molar-refractivity contribution >= 4 is 28.7 Å². The molecule has 0 atom stereocenters. The van der Waals surface area contributed by atoms with Crippen molar-refractivity contribution in [2.45, 2.75) is 6.92 Å². The molecule has 0 saturated heterocycles. The maximum Gasteiger partial charge on any atom is 0.231 e. The summed E-state index contributed by atoms with van der Waals surface area (Å²) in [5.74, 6) is 1.13. The maximum atomic E-state index is 13.1. The van der Waals surface area contributed by atoms with Crippen molar-refractivity contribution in [3.05, 3.63) is 47.8 Å². The Morgan fingerprint density at radius 1 is 1.10 bits per heavy atom. The Morgan fingerprint density at radius 3 is 2.71 bits per heavy atom. The van der Waals surface area contributed by atoms with Crippen LogP contribution in [-0.4, -0.2) is 11.9 Å². The molecule has 0 fully saturated rings. The van der Waals surface area contributed by atoms with Gasteiger partial charge in [0.2, 0.25) is 6.79 Å². The van der Waals surface area contributed by atoms with Gasteiger partial charge >= 0.3 is 0 Å². The van der Waals surface area contributed by atoms with Gasteiger partial charge in [0.1, 0.15) is 5.82 Å². The van der Waals surface area contributed by atoms with Crippen molar-refractivity contribution in [3.63, 3.8) is 0 Å². The van der Waals surface area contributed by atoms with Gasteiger partial charge in [-0.25, -0.2) is 4.39 Å². The Labute approximate surface area is 126 Å². The number of nitrogens with one attached hydrogen (secondary N) is 2. The van der Waals surface area contributed by atoms with Crippen molar-refractivity contribution < 1.29 is 13.9 Å². The molecule has 0 saturated carbocycles. The fraction of sp³-hybridized carbons (Fsp3) is 0.133. The van der Waals surface area contributed by atoms with E-state index >= 15 is 0 Å². The average molecular weight is 304 g/mol. The molecular formula is C15H13FN2O2S. The lowest BCUT2D eigenvalue weighted by Crippen LogP contribution is -2.19. The molecule has 1 aliphatic heterocycles. The summed E-state index contributed by atoms with van der Waals surface area (Å²) < 4.78 is 23.6. The molecule has 21 heavy (non-hydrogen) atoms. The van der Waals surface area contributed by atoms with E-state index in [1.54, 1.807) is 6.07 Å². The Kier molecular flexibility index (Phi) is 3.62. The number of ether oxygens (including phenoxy) is 2. The SMILES string of the molecule is Cc1cc(F)ccc1NC(=S)Nc1ccc2c(c1)OCO2. The number of anilines is 2. The number of hydrogen-bond donors (Lipinski definition) is 2. The van der Waals surface area contributed by atoms with E-state index in [0.29, 0.717) is 16.6 Å². The molecule has 0 amide bonds. The summed E-state index contributed by atoms with van der Waals surface area (Å²) in [6.07, 6.45) is 0. The lowest BCUT2D eigenvalue weighted by atomic mass is 10.2. The molecule has 4 nitrogen and oxygen atoms in total. The molecule has 0 aromatic heterocycles. The van der Waals surface area contributed by atoms with Crippen LogP contribution in [0.3, 0.4) is 0 Å². The van der Waals surface area contributed by atoms with Crippen molar-refractivity contribution in [1.82, 2.24) is 0 Å². The van der Waals surface area contributed by atoms with Crippen LogP contribution in [0.2, 0.25) is 0 Å². The van der Waals surface area contributed by atoms with E-state index in [1.807, 2.05) is 25.1 Å². The standard InChI is InChI=1S/C15H13FN2O2S/c1-9-6-10(16)2-4-12(9)18-15(21)17-11-3-5-13-14(7-11)20-8-19-13/h2-7H,8H2,1H3,(H2,17,18,21). The first-order valence-electron chi connectivity index (χ1n) is 6.35. The van der Waals surface area contributed by atoms with E-state index in [9.17, 15) is 4.39 Å². The van der Waals surface area contributed by atoms with Crippen LogP contribution in [0.25, 0.3) is 0 Å². The smallest absolute Gasteiger partial charge is 0.231 e. The molecule has 1 heterocycles. The maximum absolute atomic E-state index is 13.1. The summed E-state index contributed by atoms with van der Waals surface area (Å²) in [6.45, 7) is 2.05. The third kappa shape index (κ3) is 3.05. The first-order valence-corrected chi connectivity index (χ1v) is 6.76. The van der Waals surface area contributed by atoms with Crippen LogP contribution in [-0.2, 0) is 0 Å². The molecule has 0 bridgehead atoms. The summed E-state index contributed by atoms with van der Waals surface area (Å²) in [6, 6.07) is 9.96. The second-order valence-corrected chi connectivity index (χ2v) is 5.01. The Morgan fingerprint density at radius 2 is 1.90 bits per heavy atom. The third-order valence-electron chi connectivity index (χ3n) is 3.07. The van der Waals surface area contributed by atoms with Crippen LogP contribution in [0, 0.1) is 12.7 Å². The highest BCUT2D eigenvalue weighted by Gasteiger charge is 2.13. The molecule has 6 heteroatoms. The zero-order valence-electron chi connectivity index (χ0n) is 11.3. The van der Waals surface area contributed by atoms with E-state index < -0.39 is 0 Å². The highest BCUT2D eigenvalue weighted by Crippen LogP contribution is 2.34. The highest BCUT2D eigenvalue weighted by molar-refractivity contribution is 7.80.